The van der Waals surface area contributed by atoms with E-state index in [2.05, 4.69) is 5.10 Å². The van der Waals surface area contributed by atoms with Gasteiger partial charge >= 0.3 is 0 Å². The molecule has 0 aliphatic rings. The topological polar surface area (TPSA) is 17.8 Å². The van der Waals surface area contributed by atoms with Crippen molar-refractivity contribution in [3.8, 4) is 0 Å². The Labute approximate surface area is 101 Å². The van der Waals surface area contributed by atoms with Crippen LogP contribution < -0.4 is 0 Å². The molecular weight excluding hydrogens is 248 g/mol. The van der Waals surface area contributed by atoms with E-state index in [4.69, 9.17) is 0 Å². The van der Waals surface area contributed by atoms with Gasteiger partial charge in [-0.05, 0) is 17.7 Å². The van der Waals surface area contributed by atoms with Gasteiger partial charge in [0.05, 0.1) is 0 Å². The third kappa shape index (κ3) is 2.52. The van der Waals surface area contributed by atoms with Crippen molar-refractivity contribution in [1.29, 1.82) is 0 Å². The number of nitrogens with zero attached hydrogens (tertiary/aromatic N) is 2. The molecule has 0 saturated heterocycles. The van der Waals surface area contributed by atoms with E-state index in [1.807, 2.05) is 0 Å². The molecule has 0 bridgehead atoms. The predicted octanol–water partition coefficient (Wildman–Crippen LogP) is 3.41. The first-order chi connectivity index (χ1) is 8.38. The normalized spacial score (nSPS) is 13.6. The Morgan fingerprint density at radius 2 is 1.72 bits per heavy atom. The molecule has 0 N–H and O–H groups in total. The van der Waals surface area contributed by atoms with Crippen LogP contribution in [-0.4, -0.2) is 15.7 Å². The molecule has 18 heavy (non-hydrogen) atoms. The van der Waals surface area contributed by atoms with Crippen molar-refractivity contribution in [2.75, 3.05) is 0 Å². The molecule has 0 amide bonds. The number of benzene rings is 1. The Kier molecular flexibility index (Phi) is 3.11. The second-order valence-electron chi connectivity index (χ2n) is 4.03. The third-order valence-corrected chi connectivity index (χ3v) is 2.51. The van der Waals surface area contributed by atoms with E-state index in [9.17, 15) is 17.6 Å². The van der Waals surface area contributed by atoms with E-state index >= 15 is 0 Å². The van der Waals surface area contributed by atoms with E-state index in [1.165, 1.54) is 12.1 Å². The van der Waals surface area contributed by atoms with Crippen molar-refractivity contribution >= 4 is 0 Å². The van der Waals surface area contributed by atoms with Crippen LogP contribution in [0.15, 0.2) is 36.5 Å². The molecule has 1 heterocycles. The van der Waals surface area contributed by atoms with Crippen LogP contribution in [0.3, 0.4) is 0 Å². The summed E-state index contributed by atoms with van der Waals surface area (Å²) in [5.41, 5.74) is 0.159. The molecule has 0 fully saturated rings. The summed E-state index contributed by atoms with van der Waals surface area (Å²) in [7, 11) is 0. The Morgan fingerprint density at radius 1 is 1.11 bits per heavy atom. The van der Waals surface area contributed by atoms with Gasteiger partial charge in [-0.2, -0.15) is 4.39 Å². The molecule has 2 nitrogen and oxygen atoms in total. The van der Waals surface area contributed by atoms with Gasteiger partial charge in [0, 0.05) is 19.2 Å². The Bertz CT molecular complexity index is 528. The lowest BCUT2D eigenvalue weighted by Gasteiger charge is -2.24. The largest absolute Gasteiger partial charge is 0.271 e. The lowest BCUT2D eigenvalue weighted by molar-refractivity contribution is -0.0221. The highest BCUT2D eigenvalue weighted by Crippen LogP contribution is 2.34. The first-order valence-corrected chi connectivity index (χ1v) is 5.22. The minimum Gasteiger partial charge on any atom is -0.256 e. The third-order valence-electron chi connectivity index (χ3n) is 2.51. The van der Waals surface area contributed by atoms with E-state index in [0.717, 1.165) is 29.1 Å². The number of halogens is 4. The molecule has 1 aromatic carbocycles. The predicted molar refractivity (Wildman–Crippen MR) is 57.3 cm³/mol. The van der Waals surface area contributed by atoms with E-state index in [1.54, 1.807) is 0 Å². The van der Waals surface area contributed by atoms with Crippen LogP contribution in [0.2, 0.25) is 0 Å². The smallest absolute Gasteiger partial charge is 0.256 e. The minimum absolute atomic E-state index is 0.159. The van der Waals surface area contributed by atoms with Crippen LogP contribution in [0.1, 0.15) is 18.5 Å². The maximum absolute atomic E-state index is 13.6. The molecule has 1 unspecified atom stereocenters. The van der Waals surface area contributed by atoms with Gasteiger partial charge in [0.25, 0.3) is 5.92 Å². The molecule has 2 aromatic rings. The summed E-state index contributed by atoms with van der Waals surface area (Å²) in [4.78, 5) is 0. The number of rotatable bonds is 3. The maximum Gasteiger partial charge on any atom is 0.271 e. The van der Waals surface area contributed by atoms with Crippen LogP contribution in [0, 0.1) is 11.8 Å². The zero-order chi connectivity index (χ0) is 13.3. The van der Waals surface area contributed by atoms with Gasteiger partial charge in [0.15, 0.2) is 0 Å². The molecule has 2 rings (SSSR count). The molecule has 0 spiro atoms. The van der Waals surface area contributed by atoms with Gasteiger partial charge in [0.1, 0.15) is 11.9 Å². The monoisotopic (exact) mass is 258 g/mol. The van der Waals surface area contributed by atoms with Crippen molar-refractivity contribution in [3.63, 3.8) is 0 Å². The zero-order valence-electron chi connectivity index (χ0n) is 9.45. The molecular formula is C12H10F4N2. The van der Waals surface area contributed by atoms with Gasteiger partial charge in [-0.3, -0.25) is 4.68 Å². The highest BCUT2D eigenvalue weighted by Gasteiger charge is 2.37. The standard InChI is InChI=1S/C12H10F4N2/c1-12(15,16)11(18-7-6-10(14)17-18)8-2-4-9(13)5-3-8/h2-7,11H,1H3. The summed E-state index contributed by atoms with van der Waals surface area (Å²) in [5.74, 6) is -4.52. The van der Waals surface area contributed by atoms with Gasteiger partial charge < -0.3 is 0 Å². The SMILES string of the molecule is CC(F)(F)C(c1ccc(F)cc1)n1ccc(F)n1. The highest BCUT2D eigenvalue weighted by atomic mass is 19.3. The Morgan fingerprint density at radius 3 is 2.17 bits per heavy atom. The first kappa shape index (κ1) is 12.6. The first-order valence-electron chi connectivity index (χ1n) is 5.22. The van der Waals surface area contributed by atoms with Crippen molar-refractivity contribution in [3.05, 3.63) is 53.9 Å². The summed E-state index contributed by atoms with van der Waals surface area (Å²) in [6, 6.07) is 4.14. The van der Waals surface area contributed by atoms with Gasteiger partial charge in [-0.1, -0.05) is 12.1 Å². The van der Waals surface area contributed by atoms with Crippen molar-refractivity contribution < 1.29 is 17.6 Å². The van der Waals surface area contributed by atoms with E-state index in [-0.39, 0.29) is 5.56 Å². The van der Waals surface area contributed by atoms with Crippen molar-refractivity contribution in [2.24, 2.45) is 0 Å². The Hall–Kier alpha value is -1.85. The zero-order valence-corrected chi connectivity index (χ0v) is 9.45. The van der Waals surface area contributed by atoms with Crippen LogP contribution in [-0.2, 0) is 0 Å². The molecule has 0 saturated carbocycles. The summed E-state index contributed by atoms with van der Waals surface area (Å²) in [6.45, 7) is 0.709. The molecule has 0 aliphatic heterocycles. The summed E-state index contributed by atoms with van der Waals surface area (Å²) >= 11 is 0. The second kappa shape index (κ2) is 4.44. The van der Waals surface area contributed by atoms with Crippen LogP contribution in [0.5, 0.6) is 0 Å². The fourth-order valence-electron chi connectivity index (χ4n) is 1.78. The molecule has 96 valence electrons. The molecule has 6 heteroatoms. The maximum atomic E-state index is 13.6. The molecule has 1 aromatic heterocycles. The number of hydrogen-bond donors (Lipinski definition) is 0. The molecule has 0 radical (unpaired) electrons. The fraction of sp³-hybridized carbons (Fsp3) is 0.250. The van der Waals surface area contributed by atoms with Gasteiger partial charge in [-0.15, -0.1) is 5.10 Å². The molecule has 0 aliphatic carbocycles. The van der Waals surface area contributed by atoms with Gasteiger partial charge in [-0.25, -0.2) is 13.2 Å². The van der Waals surface area contributed by atoms with Gasteiger partial charge in [0.2, 0.25) is 5.95 Å². The number of hydrogen-bond acceptors (Lipinski definition) is 1. The molecule has 1 atom stereocenters. The number of alkyl halides is 2. The summed E-state index contributed by atoms with van der Waals surface area (Å²) in [5, 5.41) is 3.35. The lowest BCUT2D eigenvalue weighted by atomic mass is 10.0. The number of aromatic nitrogens is 2. The quantitative estimate of drug-likeness (QED) is 0.771. The van der Waals surface area contributed by atoms with Crippen molar-refractivity contribution in [1.82, 2.24) is 9.78 Å². The average Bonchev–Trinajstić information content (AvgIpc) is 2.66. The average molecular weight is 258 g/mol. The van der Waals surface area contributed by atoms with Crippen molar-refractivity contribution in [2.45, 2.75) is 18.9 Å². The van der Waals surface area contributed by atoms with Crippen LogP contribution in [0.25, 0.3) is 0 Å². The van der Waals surface area contributed by atoms with E-state index < -0.39 is 23.7 Å². The summed E-state index contributed by atoms with van der Waals surface area (Å²) in [6.07, 6.45) is 1.13. The van der Waals surface area contributed by atoms with Crippen LogP contribution in [0.4, 0.5) is 17.6 Å². The lowest BCUT2D eigenvalue weighted by Crippen LogP contribution is -2.29. The highest BCUT2D eigenvalue weighted by molar-refractivity contribution is 5.22. The fourth-order valence-corrected chi connectivity index (χ4v) is 1.78. The Balaban J connectivity index is 2.47. The van der Waals surface area contributed by atoms with Crippen LogP contribution >= 0.6 is 0 Å². The second-order valence-corrected chi connectivity index (χ2v) is 4.03. The van der Waals surface area contributed by atoms with E-state index in [0.29, 0.717) is 6.92 Å². The summed E-state index contributed by atoms with van der Waals surface area (Å²) < 4.78 is 53.6. The minimum atomic E-state index is -3.16.